The van der Waals surface area contributed by atoms with Crippen LogP contribution in [0, 0.1) is 0 Å². The van der Waals surface area contributed by atoms with Gasteiger partial charge in [0, 0.05) is 19.1 Å². The van der Waals surface area contributed by atoms with Crippen LogP contribution >= 0.6 is 23.0 Å². The number of aliphatic hydroxyl groups excluding tert-OH is 1. The molecule has 1 rings (SSSR count). The summed E-state index contributed by atoms with van der Waals surface area (Å²) in [7, 11) is 0. The van der Waals surface area contributed by atoms with Gasteiger partial charge < -0.3 is 8.17 Å². The van der Waals surface area contributed by atoms with Crippen molar-refractivity contribution < 1.29 is 8.17 Å². The molecule has 66 valence electrons. The van der Waals surface area contributed by atoms with Crippen LogP contribution in [0.3, 0.4) is 0 Å². The lowest BCUT2D eigenvalue weighted by molar-refractivity contribution is 0.101. The number of rotatable bonds is 2. The van der Waals surface area contributed by atoms with Gasteiger partial charge >= 0.3 is 0 Å². The third-order valence-corrected chi connectivity index (χ3v) is 2.76. The van der Waals surface area contributed by atoms with E-state index in [1.54, 1.807) is 0 Å². The first-order valence-electron chi connectivity index (χ1n) is 3.84. The topological polar surface area (TPSA) is 32.7 Å². The molecule has 0 aromatic heterocycles. The van der Waals surface area contributed by atoms with Crippen LogP contribution in [0.5, 0.6) is 0 Å². The second-order valence-corrected chi connectivity index (χ2v) is 3.75. The molecule has 1 fully saturated rings. The Kier molecular flexibility index (Phi) is 3.54. The number of β-amino-alcohol motifs (C(OH)–C–C–N with tert-alkyl or cyclic N) is 1. The van der Waals surface area contributed by atoms with Crippen molar-refractivity contribution in [2.75, 3.05) is 13.1 Å². The average molecular weight is 271 g/mol. The van der Waals surface area contributed by atoms with Crippen molar-refractivity contribution in [1.29, 1.82) is 0 Å². The van der Waals surface area contributed by atoms with Crippen LogP contribution in [0.2, 0.25) is 0 Å². The fraction of sp³-hybridized carbons (Fsp3) is 1.00. The van der Waals surface area contributed by atoms with Crippen molar-refractivity contribution in [3.05, 3.63) is 0 Å². The average Bonchev–Trinajstić information content (AvgIpc) is 2.31. The van der Waals surface area contributed by atoms with Crippen LogP contribution < -0.4 is 0 Å². The van der Waals surface area contributed by atoms with E-state index in [0.717, 1.165) is 13.1 Å². The maximum Gasteiger partial charge on any atom is 0.110 e. The molecular formula is C7H14INO2. The maximum absolute atomic E-state index is 9.44. The Bertz CT molecular complexity index is 132. The van der Waals surface area contributed by atoms with Gasteiger partial charge in [0.15, 0.2) is 0 Å². The Hall–Kier alpha value is 0.610. The van der Waals surface area contributed by atoms with Gasteiger partial charge in [0.1, 0.15) is 29.1 Å². The Labute approximate surface area is 81.4 Å². The third kappa shape index (κ3) is 2.27. The van der Waals surface area contributed by atoms with E-state index in [-0.39, 0.29) is 12.2 Å². The second-order valence-electron chi connectivity index (χ2n) is 3.24. The first-order chi connectivity index (χ1) is 5.15. The van der Waals surface area contributed by atoms with Crippen molar-refractivity contribution in [2.24, 2.45) is 0 Å². The van der Waals surface area contributed by atoms with E-state index in [1.807, 2.05) is 23.0 Å². The minimum atomic E-state index is -0.311. The summed E-state index contributed by atoms with van der Waals surface area (Å²) < 4.78 is 5.08. The minimum Gasteiger partial charge on any atom is -0.389 e. The zero-order valence-electron chi connectivity index (χ0n) is 6.83. The normalized spacial score (nSPS) is 33.5. The van der Waals surface area contributed by atoms with Gasteiger partial charge in [-0.3, -0.25) is 4.90 Å². The van der Waals surface area contributed by atoms with Crippen LogP contribution in [0.25, 0.3) is 0 Å². The highest BCUT2D eigenvalue weighted by molar-refractivity contribution is 14.1. The summed E-state index contributed by atoms with van der Waals surface area (Å²) in [5.74, 6) is 0. The van der Waals surface area contributed by atoms with Crippen LogP contribution in [0.1, 0.15) is 13.8 Å². The molecule has 0 radical (unpaired) electrons. The summed E-state index contributed by atoms with van der Waals surface area (Å²) >= 11 is 1.85. The molecule has 0 aromatic rings. The lowest BCUT2D eigenvalue weighted by atomic mass is 10.3. The molecule has 0 spiro atoms. The molecule has 0 amide bonds. The molecule has 1 aliphatic heterocycles. The zero-order valence-corrected chi connectivity index (χ0v) is 8.98. The molecule has 1 saturated heterocycles. The number of aliphatic hydroxyl groups is 1. The minimum absolute atomic E-state index is 0.00185. The highest BCUT2D eigenvalue weighted by Crippen LogP contribution is 2.17. The lowest BCUT2D eigenvalue weighted by Gasteiger charge is -2.18. The van der Waals surface area contributed by atoms with Crippen LogP contribution in [0.4, 0.5) is 0 Å². The molecule has 0 bridgehead atoms. The van der Waals surface area contributed by atoms with E-state index < -0.39 is 0 Å². The summed E-state index contributed by atoms with van der Waals surface area (Å²) in [5.41, 5.74) is 0. The number of hydrogen-bond acceptors (Lipinski definition) is 3. The van der Waals surface area contributed by atoms with E-state index in [4.69, 9.17) is 3.07 Å². The smallest absolute Gasteiger partial charge is 0.110 e. The van der Waals surface area contributed by atoms with Gasteiger partial charge in [0.25, 0.3) is 0 Å². The number of nitrogens with zero attached hydrogens (tertiary/aromatic N) is 1. The molecule has 11 heavy (non-hydrogen) atoms. The van der Waals surface area contributed by atoms with Crippen molar-refractivity contribution >= 4 is 23.0 Å². The van der Waals surface area contributed by atoms with Gasteiger partial charge in [-0.15, -0.1) is 0 Å². The van der Waals surface area contributed by atoms with Crippen LogP contribution in [-0.4, -0.2) is 41.3 Å². The van der Waals surface area contributed by atoms with Crippen molar-refractivity contribution in [1.82, 2.24) is 4.90 Å². The predicted molar refractivity (Wildman–Crippen MR) is 51.6 cm³/mol. The molecule has 1 N–H and O–H groups in total. The van der Waals surface area contributed by atoms with E-state index >= 15 is 0 Å². The molecule has 1 aliphatic rings. The summed E-state index contributed by atoms with van der Waals surface area (Å²) in [4.78, 5) is 2.22. The largest absolute Gasteiger partial charge is 0.389 e. The zero-order chi connectivity index (χ0) is 8.43. The van der Waals surface area contributed by atoms with Gasteiger partial charge in [-0.1, -0.05) is 0 Å². The van der Waals surface area contributed by atoms with Crippen molar-refractivity contribution in [2.45, 2.75) is 32.1 Å². The fourth-order valence-corrected chi connectivity index (χ4v) is 1.79. The first kappa shape index (κ1) is 9.70. The van der Waals surface area contributed by atoms with E-state index in [2.05, 4.69) is 18.7 Å². The number of likely N-dealkylation sites (tertiary alicyclic amines) is 1. The summed E-state index contributed by atoms with van der Waals surface area (Å²) in [5, 5.41) is 9.44. The van der Waals surface area contributed by atoms with Crippen molar-refractivity contribution in [3.63, 3.8) is 0 Å². The van der Waals surface area contributed by atoms with Crippen LogP contribution in [-0.2, 0) is 3.07 Å². The molecule has 0 aliphatic carbocycles. The van der Waals surface area contributed by atoms with Gasteiger partial charge in [-0.2, -0.15) is 0 Å². The molecule has 0 saturated carbocycles. The Balaban J connectivity index is 2.43. The van der Waals surface area contributed by atoms with E-state index in [1.165, 1.54) is 0 Å². The summed E-state index contributed by atoms with van der Waals surface area (Å²) in [6.07, 6.45) is -0.313. The van der Waals surface area contributed by atoms with Crippen LogP contribution in [0.15, 0.2) is 0 Å². The van der Waals surface area contributed by atoms with Gasteiger partial charge in [0.2, 0.25) is 0 Å². The molecular weight excluding hydrogens is 257 g/mol. The number of hydrogen-bond donors (Lipinski definition) is 1. The van der Waals surface area contributed by atoms with Gasteiger partial charge in [-0.25, -0.2) is 0 Å². The molecule has 3 nitrogen and oxygen atoms in total. The number of halogens is 1. The predicted octanol–water partition coefficient (Wildman–Crippen LogP) is 0.807. The van der Waals surface area contributed by atoms with E-state index in [0.29, 0.717) is 6.04 Å². The molecule has 1 unspecified atom stereocenters. The second kappa shape index (κ2) is 4.02. The molecule has 1 heterocycles. The quantitative estimate of drug-likeness (QED) is 0.754. The summed E-state index contributed by atoms with van der Waals surface area (Å²) in [6.45, 7) is 5.84. The molecule has 4 heteroatoms. The SMILES string of the molecule is CC(C)N1CC(O)[C@@H](OI)C1. The monoisotopic (exact) mass is 271 g/mol. The van der Waals surface area contributed by atoms with E-state index in [9.17, 15) is 5.11 Å². The Morgan fingerprint density at radius 2 is 2.18 bits per heavy atom. The Morgan fingerprint density at radius 3 is 2.45 bits per heavy atom. The maximum atomic E-state index is 9.44. The van der Waals surface area contributed by atoms with Gasteiger partial charge in [-0.05, 0) is 13.8 Å². The van der Waals surface area contributed by atoms with Gasteiger partial charge in [0.05, 0.1) is 6.10 Å². The highest BCUT2D eigenvalue weighted by Gasteiger charge is 2.32. The third-order valence-electron chi connectivity index (χ3n) is 2.11. The standard InChI is InChI=1S/C7H14INO2/c1-5(2)9-3-6(10)7(4-9)11-8/h5-7,10H,3-4H2,1-2H3/t6?,7-/m0/s1. The Morgan fingerprint density at radius 1 is 1.55 bits per heavy atom. The first-order valence-corrected chi connectivity index (χ1v) is 4.72. The fourth-order valence-electron chi connectivity index (χ4n) is 1.29. The lowest BCUT2D eigenvalue weighted by Crippen LogP contribution is -2.29. The van der Waals surface area contributed by atoms with Crippen molar-refractivity contribution in [3.8, 4) is 0 Å². The summed E-state index contributed by atoms with van der Waals surface area (Å²) in [6, 6.07) is 0.501. The highest BCUT2D eigenvalue weighted by atomic mass is 127. The molecule has 0 aromatic carbocycles. The molecule has 2 atom stereocenters.